The Morgan fingerprint density at radius 3 is 2.26 bits per heavy atom. The Morgan fingerprint density at radius 2 is 1.63 bits per heavy atom. The molecular formula is C16H16N2O. The first-order valence-electron chi connectivity index (χ1n) is 6.84. The molecule has 2 heterocycles. The number of hydrogen-bond acceptors (Lipinski definition) is 1. The molecule has 1 aliphatic heterocycles. The molecule has 0 spiro atoms. The number of carbonyl (C=O) groups is 1. The molecule has 96 valence electrons. The molecule has 0 radical (unpaired) electrons. The van der Waals surface area contributed by atoms with E-state index in [0.717, 1.165) is 36.2 Å². The summed E-state index contributed by atoms with van der Waals surface area (Å²) in [5.74, 6) is 1.78. The Bertz CT molecular complexity index is 590. The molecule has 2 atom stereocenters. The van der Waals surface area contributed by atoms with Gasteiger partial charge in [0, 0.05) is 36.7 Å². The van der Waals surface area contributed by atoms with E-state index < -0.39 is 0 Å². The van der Waals surface area contributed by atoms with Crippen molar-refractivity contribution in [2.45, 2.75) is 6.42 Å². The lowest BCUT2D eigenvalue weighted by Crippen LogP contribution is -2.30. The van der Waals surface area contributed by atoms with Crippen LogP contribution in [-0.2, 0) is 0 Å². The van der Waals surface area contributed by atoms with Crippen LogP contribution in [0.1, 0.15) is 16.8 Å². The number of fused-ring (bicyclic) bond motifs is 1. The number of benzene rings is 1. The van der Waals surface area contributed by atoms with Crippen LogP contribution < -0.4 is 0 Å². The number of nitrogens with zero attached hydrogens (tertiary/aromatic N) is 2. The van der Waals surface area contributed by atoms with E-state index in [1.807, 2.05) is 58.3 Å². The number of aromatic nitrogens is 1. The van der Waals surface area contributed by atoms with Gasteiger partial charge < -0.3 is 9.47 Å². The van der Waals surface area contributed by atoms with Crippen molar-refractivity contribution in [3.8, 4) is 5.69 Å². The molecule has 1 saturated heterocycles. The molecule has 3 heteroatoms. The number of rotatable bonds is 2. The fourth-order valence-corrected chi connectivity index (χ4v) is 3.03. The van der Waals surface area contributed by atoms with E-state index in [9.17, 15) is 4.79 Å². The van der Waals surface area contributed by atoms with Crippen LogP contribution in [0.4, 0.5) is 0 Å². The van der Waals surface area contributed by atoms with E-state index in [0.29, 0.717) is 0 Å². The van der Waals surface area contributed by atoms with Crippen molar-refractivity contribution in [1.29, 1.82) is 0 Å². The summed E-state index contributed by atoms with van der Waals surface area (Å²) in [7, 11) is 0. The molecule has 3 nitrogen and oxygen atoms in total. The highest BCUT2D eigenvalue weighted by Gasteiger charge is 2.46. The van der Waals surface area contributed by atoms with E-state index in [1.165, 1.54) is 6.42 Å². The van der Waals surface area contributed by atoms with Gasteiger partial charge in [-0.2, -0.15) is 0 Å². The second-order valence-electron chi connectivity index (χ2n) is 5.60. The lowest BCUT2D eigenvalue weighted by Gasteiger charge is -2.18. The van der Waals surface area contributed by atoms with Gasteiger partial charge in [0.25, 0.3) is 5.91 Å². The molecule has 1 amide bonds. The predicted molar refractivity (Wildman–Crippen MR) is 73.3 cm³/mol. The summed E-state index contributed by atoms with van der Waals surface area (Å²) < 4.78 is 2.04. The van der Waals surface area contributed by atoms with Crippen LogP contribution in [0.2, 0.25) is 0 Å². The smallest absolute Gasteiger partial charge is 0.253 e. The number of likely N-dealkylation sites (tertiary alicyclic amines) is 1. The van der Waals surface area contributed by atoms with Crippen molar-refractivity contribution in [2.24, 2.45) is 11.8 Å². The molecule has 4 rings (SSSR count). The van der Waals surface area contributed by atoms with Gasteiger partial charge in [0.05, 0.1) is 0 Å². The summed E-state index contributed by atoms with van der Waals surface area (Å²) >= 11 is 0. The van der Waals surface area contributed by atoms with Gasteiger partial charge in [0.2, 0.25) is 0 Å². The second-order valence-corrected chi connectivity index (χ2v) is 5.60. The van der Waals surface area contributed by atoms with Crippen LogP contribution in [0, 0.1) is 11.8 Å². The molecule has 1 aliphatic carbocycles. The minimum absolute atomic E-state index is 0.186. The minimum atomic E-state index is 0.186. The Morgan fingerprint density at radius 1 is 1.00 bits per heavy atom. The van der Waals surface area contributed by atoms with E-state index in [1.54, 1.807) is 0 Å². The monoisotopic (exact) mass is 252 g/mol. The summed E-state index contributed by atoms with van der Waals surface area (Å²) in [6.07, 6.45) is 5.34. The number of amides is 1. The summed E-state index contributed by atoms with van der Waals surface area (Å²) in [5.41, 5.74) is 1.89. The molecule has 0 bridgehead atoms. The second kappa shape index (κ2) is 3.98. The highest BCUT2D eigenvalue weighted by molar-refractivity contribution is 5.94. The molecule has 19 heavy (non-hydrogen) atoms. The minimum Gasteiger partial charge on any atom is -0.338 e. The predicted octanol–water partition coefficient (Wildman–Crippen LogP) is 2.57. The van der Waals surface area contributed by atoms with Crippen LogP contribution in [0.15, 0.2) is 48.8 Å². The van der Waals surface area contributed by atoms with E-state index >= 15 is 0 Å². The van der Waals surface area contributed by atoms with Crippen molar-refractivity contribution in [1.82, 2.24) is 9.47 Å². The molecule has 1 saturated carbocycles. The maximum Gasteiger partial charge on any atom is 0.253 e. The van der Waals surface area contributed by atoms with Crippen LogP contribution in [0.5, 0.6) is 0 Å². The third-order valence-corrected chi connectivity index (χ3v) is 4.28. The highest BCUT2D eigenvalue weighted by Crippen LogP contribution is 2.45. The average molecular weight is 252 g/mol. The van der Waals surface area contributed by atoms with Gasteiger partial charge in [0.15, 0.2) is 0 Å². The van der Waals surface area contributed by atoms with Crippen molar-refractivity contribution in [3.05, 3.63) is 54.4 Å². The SMILES string of the molecule is O=C(c1ccc(-n2cccc2)cc1)N1CC2CC2C1. The third-order valence-electron chi connectivity index (χ3n) is 4.28. The molecule has 2 aliphatic rings. The first-order chi connectivity index (χ1) is 9.31. The Balaban J connectivity index is 1.54. The summed E-state index contributed by atoms with van der Waals surface area (Å²) in [4.78, 5) is 14.3. The van der Waals surface area contributed by atoms with Gasteiger partial charge in [-0.1, -0.05) is 0 Å². The third kappa shape index (κ3) is 1.86. The van der Waals surface area contributed by atoms with Crippen LogP contribution in [0.3, 0.4) is 0 Å². The van der Waals surface area contributed by atoms with Crippen molar-refractivity contribution in [2.75, 3.05) is 13.1 Å². The molecule has 0 N–H and O–H groups in total. The fourth-order valence-electron chi connectivity index (χ4n) is 3.03. The van der Waals surface area contributed by atoms with E-state index in [2.05, 4.69) is 0 Å². The van der Waals surface area contributed by atoms with Crippen LogP contribution in [-0.4, -0.2) is 28.5 Å². The Labute approximate surface area is 112 Å². The zero-order valence-corrected chi connectivity index (χ0v) is 10.7. The van der Waals surface area contributed by atoms with Crippen LogP contribution in [0.25, 0.3) is 5.69 Å². The lowest BCUT2D eigenvalue weighted by atomic mass is 10.1. The zero-order chi connectivity index (χ0) is 12.8. The Hall–Kier alpha value is -2.03. The van der Waals surface area contributed by atoms with Crippen molar-refractivity contribution in [3.63, 3.8) is 0 Å². The standard InChI is InChI=1S/C16H16N2O/c19-16(18-10-13-9-14(13)11-18)12-3-5-15(6-4-12)17-7-1-2-8-17/h1-8,13-14H,9-11H2. The van der Waals surface area contributed by atoms with Gasteiger partial charge in [-0.05, 0) is 54.7 Å². The van der Waals surface area contributed by atoms with E-state index in [4.69, 9.17) is 0 Å². The summed E-state index contributed by atoms with van der Waals surface area (Å²) in [5, 5.41) is 0. The van der Waals surface area contributed by atoms with E-state index in [-0.39, 0.29) is 5.91 Å². The zero-order valence-electron chi connectivity index (χ0n) is 10.7. The van der Waals surface area contributed by atoms with Gasteiger partial charge in [-0.25, -0.2) is 0 Å². The number of carbonyl (C=O) groups excluding carboxylic acids is 1. The lowest BCUT2D eigenvalue weighted by molar-refractivity contribution is 0.0775. The summed E-state index contributed by atoms with van der Waals surface area (Å²) in [6, 6.07) is 11.9. The molecule has 2 fully saturated rings. The molecule has 1 aromatic carbocycles. The molecule has 2 unspecified atom stereocenters. The first kappa shape index (κ1) is 10.9. The first-order valence-corrected chi connectivity index (χ1v) is 6.84. The largest absolute Gasteiger partial charge is 0.338 e. The van der Waals surface area contributed by atoms with Gasteiger partial charge in [0.1, 0.15) is 0 Å². The molecular weight excluding hydrogens is 236 g/mol. The van der Waals surface area contributed by atoms with Crippen LogP contribution >= 0.6 is 0 Å². The quantitative estimate of drug-likeness (QED) is 0.806. The van der Waals surface area contributed by atoms with Gasteiger partial charge in [-0.15, -0.1) is 0 Å². The van der Waals surface area contributed by atoms with Gasteiger partial charge >= 0.3 is 0 Å². The van der Waals surface area contributed by atoms with Gasteiger partial charge in [-0.3, -0.25) is 4.79 Å². The highest BCUT2D eigenvalue weighted by atomic mass is 16.2. The van der Waals surface area contributed by atoms with Crippen molar-refractivity contribution < 1.29 is 4.79 Å². The number of hydrogen-bond donors (Lipinski definition) is 0. The normalized spacial score (nSPS) is 24.3. The summed E-state index contributed by atoms with van der Waals surface area (Å²) in [6.45, 7) is 1.92. The molecule has 2 aromatic rings. The fraction of sp³-hybridized carbons (Fsp3) is 0.312. The van der Waals surface area contributed by atoms with Crippen molar-refractivity contribution >= 4 is 5.91 Å². The number of piperidine rings is 1. The average Bonchev–Trinajstić information content (AvgIpc) is 2.88. The molecule has 1 aromatic heterocycles. The topological polar surface area (TPSA) is 25.2 Å². The Kier molecular flexibility index (Phi) is 2.28. The maximum absolute atomic E-state index is 12.3. The maximum atomic E-state index is 12.3.